The van der Waals surface area contributed by atoms with E-state index >= 15 is 0 Å². The summed E-state index contributed by atoms with van der Waals surface area (Å²) in [4.78, 5) is 0. The van der Waals surface area contributed by atoms with Crippen molar-refractivity contribution >= 4 is 0 Å². The fraction of sp³-hybridized carbons (Fsp3) is 0.625. The lowest BCUT2D eigenvalue weighted by molar-refractivity contribution is 0.263. The average Bonchev–Trinajstić information content (AvgIpc) is 2.38. The highest BCUT2D eigenvalue weighted by atomic mass is 16.5. The molecule has 0 fully saturated rings. The van der Waals surface area contributed by atoms with Crippen molar-refractivity contribution in [1.29, 1.82) is 0 Å². The maximum Gasteiger partial charge on any atom is 0.122 e. The third-order valence-electron chi connectivity index (χ3n) is 4.21. The topological polar surface area (TPSA) is 47.3 Å². The second-order valence-corrected chi connectivity index (χ2v) is 5.97. The van der Waals surface area contributed by atoms with Crippen molar-refractivity contribution in [3.63, 3.8) is 0 Å². The molecule has 0 aromatic heterocycles. The smallest absolute Gasteiger partial charge is 0.122 e. The van der Waals surface area contributed by atoms with Crippen LogP contribution in [0.4, 0.5) is 0 Å². The van der Waals surface area contributed by atoms with Crippen LogP contribution in [0.1, 0.15) is 42.1 Å². The van der Waals surface area contributed by atoms with Gasteiger partial charge in [0.05, 0.1) is 7.11 Å². The van der Waals surface area contributed by atoms with Gasteiger partial charge in [-0.2, -0.15) is 0 Å². The van der Waals surface area contributed by atoms with Crippen molar-refractivity contribution in [2.75, 3.05) is 20.7 Å². The zero-order valence-corrected chi connectivity index (χ0v) is 13.3. The number of nitrogens with two attached hydrogens (primary N) is 1. The number of rotatable bonds is 5. The molecule has 0 aliphatic rings. The Kier molecular flexibility index (Phi) is 4.99. The van der Waals surface area contributed by atoms with Gasteiger partial charge in [-0.3, -0.25) is 0 Å². The molecule has 19 heavy (non-hydrogen) atoms. The molecule has 1 atom stereocenters. The quantitative estimate of drug-likeness (QED) is 0.859. The van der Waals surface area contributed by atoms with Crippen molar-refractivity contribution in [2.24, 2.45) is 11.1 Å². The van der Waals surface area contributed by atoms with E-state index in [0.29, 0.717) is 6.54 Å². The van der Waals surface area contributed by atoms with Gasteiger partial charge in [-0.25, -0.2) is 0 Å². The van der Waals surface area contributed by atoms with Gasteiger partial charge in [0.2, 0.25) is 0 Å². The number of hydrogen-bond donors (Lipinski definition) is 2. The largest absolute Gasteiger partial charge is 0.496 e. The van der Waals surface area contributed by atoms with E-state index < -0.39 is 0 Å². The van der Waals surface area contributed by atoms with Gasteiger partial charge in [0.25, 0.3) is 0 Å². The molecule has 0 saturated carbocycles. The predicted molar refractivity (Wildman–Crippen MR) is 81.8 cm³/mol. The van der Waals surface area contributed by atoms with Crippen LogP contribution in [0, 0.1) is 26.2 Å². The van der Waals surface area contributed by atoms with Crippen LogP contribution in [0.5, 0.6) is 5.75 Å². The number of nitrogens with one attached hydrogen (secondary N) is 1. The first-order chi connectivity index (χ1) is 8.80. The van der Waals surface area contributed by atoms with Crippen LogP contribution < -0.4 is 15.8 Å². The summed E-state index contributed by atoms with van der Waals surface area (Å²) in [6, 6.07) is 2.36. The Balaban J connectivity index is 3.45. The highest BCUT2D eigenvalue weighted by Gasteiger charge is 2.31. The molecule has 3 nitrogen and oxygen atoms in total. The second kappa shape index (κ2) is 5.93. The van der Waals surface area contributed by atoms with E-state index in [9.17, 15) is 0 Å². The summed E-state index contributed by atoms with van der Waals surface area (Å²) in [5.74, 6) is 0.958. The summed E-state index contributed by atoms with van der Waals surface area (Å²) < 4.78 is 5.44. The van der Waals surface area contributed by atoms with Crippen molar-refractivity contribution < 1.29 is 4.74 Å². The summed E-state index contributed by atoms with van der Waals surface area (Å²) in [6.45, 7) is 11.5. The van der Waals surface area contributed by atoms with Gasteiger partial charge in [-0.05, 0) is 68.1 Å². The number of methoxy groups -OCH3 is 1. The van der Waals surface area contributed by atoms with Gasteiger partial charge >= 0.3 is 0 Å². The Labute approximate surface area is 117 Å². The Morgan fingerprint density at radius 3 is 2.26 bits per heavy atom. The molecule has 1 aromatic carbocycles. The third kappa shape index (κ3) is 2.93. The number of benzene rings is 1. The summed E-state index contributed by atoms with van der Waals surface area (Å²) in [5, 5.41) is 3.44. The molecule has 3 heteroatoms. The molecule has 1 unspecified atom stereocenters. The minimum atomic E-state index is 0.00526. The molecule has 1 rings (SSSR count). The van der Waals surface area contributed by atoms with Crippen molar-refractivity contribution in [2.45, 2.75) is 40.7 Å². The van der Waals surface area contributed by atoms with Crippen LogP contribution >= 0.6 is 0 Å². The first kappa shape index (κ1) is 16.0. The van der Waals surface area contributed by atoms with Crippen molar-refractivity contribution in [3.05, 3.63) is 28.3 Å². The molecular formula is C16H28N2O. The van der Waals surface area contributed by atoms with Crippen LogP contribution in [-0.4, -0.2) is 20.7 Å². The van der Waals surface area contributed by atoms with Gasteiger partial charge in [-0.1, -0.05) is 13.8 Å². The molecule has 1 aromatic rings. The SMILES string of the molecule is CNC(c1c(C)cc(OC)c(C)c1C)C(C)(C)CN. The van der Waals surface area contributed by atoms with E-state index in [2.05, 4.69) is 46.0 Å². The Bertz CT molecular complexity index is 453. The van der Waals surface area contributed by atoms with E-state index in [1.165, 1.54) is 22.3 Å². The highest BCUT2D eigenvalue weighted by molar-refractivity contribution is 5.49. The Morgan fingerprint density at radius 2 is 1.84 bits per heavy atom. The van der Waals surface area contributed by atoms with Crippen LogP contribution in [0.25, 0.3) is 0 Å². The first-order valence-electron chi connectivity index (χ1n) is 6.82. The fourth-order valence-electron chi connectivity index (χ4n) is 2.77. The third-order valence-corrected chi connectivity index (χ3v) is 4.21. The van der Waals surface area contributed by atoms with Crippen LogP contribution in [0.3, 0.4) is 0 Å². The normalized spacial score (nSPS) is 13.5. The summed E-state index contributed by atoms with van der Waals surface area (Å²) >= 11 is 0. The predicted octanol–water partition coefficient (Wildman–Crippen LogP) is 2.87. The van der Waals surface area contributed by atoms with Gasteiger partial charge in [0, 0.05) is 6.04 Å². The average molecular weight is 264 g/mol. The molecule has 0 aliphatic carbocycles. The minimum absolute atomic E-state index is 0.00526. The van der Waals surface area contributed by atoms with Gasteiger partial charge in [0.15, 0.2) is 0 Å². The molecule has 108 valence electrons. The lowest BCUT2D eigenvalue weighted by Crippen LogP contribution is -2.38. The van der Waals surface area contributed by atoms with Crippen molar-refractivity contribution in [1.82, 2.24) is 5.32 Å². The maximum absolute atomic E-state index is 5.95. The van der Waals surface area contributed by atoms with Crippen LogP contribution in [0.2, 0.25) is 0 Å². The Morgan fingerprint density at radius 1 is 1.26 bits per heavy atom. The molecule has 0 radical (unpaired) electrons. The van der Waals surface area contributed by atoms with Gasteiger partial charge < -0.3 is 15.8 Å². The van der Waals surface area contributed by atoms with Crippen LogP contribution in [0.15, 0.2) is 6.07 Å². The zero-order chi connectivity index (χ0) is 14.8. The molecule has 0 amide bonds. The zero-order valence-electron chi connectivity index (χ0n) is 13.3. The highest BCUT2D eigenvalue weighted by Crippen LogP contribution is 2.38. The van der Waals surface area contributed by atoms with E-state index in [0.717, 1.165) is 5.75 Å². The summed E-state index contributed by atoms with van der Waals surface area (Å²) in [6.07, 6.45) is 0. The number of ether oxygens (including phenoxy) is 1. The van der Waals surface area contributed by atoms with E-state index in [-0.39, 0.29) is 11.5 Å². The van der Waals surface area contributed by atoms with E-state index in [1.807, 2.05) is 7.05 Å². The first-order valence-corrected chi connectivity index (χ1v) is 6.82. The molecule has 0 bridgehead atoms. The van der Waals surface area contributed by atoms with Crippen molar-refractivity contribution in [3.8, 4) is 5.75 Å². The number of hydrogen-bond acceptors (Lipinski definition) is 3. The van der Waals surface area contributed by atoms with Gasteiger partial charge in [-0.15, -0.1) is 0 Å². The van der Waals surface area contributed by atoms with E-state index in [1.54, 1.807) is 7.11 Å². The van der Waals surface area contributed by atoms with E-state index in [4.69, 9.17) is 10.5 Å². The summed E-state index contributed by atoms with van der Waals surface area (Å²) in [7, 11) is 3.72. The Hall–Kier alpha value is -1.06. The molecule has 3 N–H and O–H groups in total. The van der Waals surface area contributed by atoms with Crippen LogP contribution in [-0.2, 0) is 0 Å². The number of aryl methyl sites for hydroxylation is 1. The lowest BCUT2D eigenvalue weighted by Gasteiger charge is -2.36. The molecule has 0 spiro atoms. The molecule has 0 heterocycles. The molecule has 0 aliphatic heterocycles. The second-order valence-electron chi connectivity index (χ2n) is 5.97. The molecular weight excluding hydrogens is 236 g/mol. The minimum Gasteiger partial charge on any atom is -0.496 e. The fourth-order valence-corrected chi connectivity index (χ4v) is 2.77. The molecule has 0 saturated heterocycles. The monoisotopic (exact) mass is 264 g/mol. The summed E-state index contributed by atoms with van der Waals surface area (Å²) in [5.41, 5.74) is 11.0. The van der Waals surface area contributed by atoms with Gasteiger partial charge in [0.1, 0.15) is 5.75 Å². The maximum atomic E-state index is 5.95. The lowest BCUT2D eigenvalue weighted by atomic mass is 9.77. The standard InChI is InChI=1S/C16H28N2O/c1-10-8-13(19-7)11(2)12(3)14(10)15(18-6)16(4,5)9-17/h8,15,18H,9,17H2,1-7H3.